The third-order valence-electron chi connectivity index (χ3n) is 2.13. The van der Waals surface area contributed by atoms with Crippen LogP contribution in [-0.2, 0) is 5.41 Å². The van der Waals surface area contributed by atoms with Gasteiger partial charge in [-0.1, -0.05) is 20.8 Å². The van der Waals surface area contributed by atoms with Crippen LogP contribution in [0.15, 0.2) is 12.1 Å². The molecule has 16 heavy (non-hydrogen) atoms. The standard InChI is InChI=1S/C11H13NO4/c1-11(2,3)6-4-7(9(13)14)12-8(5-6)10(15)16/h4-5H,1-3H3,(H,13,14)(H,15,16). The predicted octanol–water partition coefficient (Wildman–Crippen LogP) is 1.78. The van der Waals surface area contributed by atoms with E-state index in [4.69, 9.17) is 10.2 Å². The third kappa shape index (κ3) is 2.56. The number of carboxylic acid groups (broad SMARTS) is 2. The fraction of sp³-hybridized carbons (Fsp3) is 0.364. The number of carbonyl (C=O) groups is 2. The Balaban J connectivity index is 3.42. The van der Waals surface area contributed by atoms with Gasteiger partial charge in [0.2, 0.25) is 0 Å². The van der Waals surface area contributed by atoms with Crippen LogP contribution in [0.25, 0.3) is 0 Å². The Bertz CT molecular complexity index is 414. The molecule has 0 fully saturated rings. The van der Waals surface area contributed by atoms with Crippen LogP contribution in [0.1, 0.15) is 47.3 Å². The molecule has 0 radical (unpaired) electrons. The maximum Gasteiger partial charge on any atom is 0.354 e. The van der Waals surface area contributed by atoms with Crippen molar-refractivity contribution in [3.8, 4) is 0 Å². The summed E-state index contributed by atoms with van der Waals surface area (Å²) in [5.41, 5.74) is -0.177. The van der Waals surface area contributed by atoms with Crippen molar-refractivity contribution in [3.63, 3.8) is 0 Å². The van der Waals surface area contributed by atoms with Gasteiger partial charge in [-0.05, 0) is 23.1 Å². The van der Waals surface area contributed by atoms with Crippen molar-refractivity contribution < 1.29 is 19.8 Å². The molecule has 1 aromatic rings. The summed E-state index contributed by atoms with van der Waals surface area (Å²) < 4.78 is 0. The monoisotopic (exact) mass is 223 g/mol. The molecule has 0 aliphatic carbocycles. The van der Waals surface area contributed by atoms with E-state index in [0.29, 0.717) is 5.56 Å². The quantitative estimate of drug-likeness (QED) is 0.797. The number of aromatic nitrogens is 1. The summed E-state index contributed by atoms with van der Waals surface area (Å²) in [7, 11) is 0. The molecule has 0 aromatic carbocycles. The second-order valence-corrected chi connectivity index (χ2v) is 4.49. The summed E-state index contributed by atoms with van der Waals surface area (Å²) >= 11 is 0. The van der Waals surface area contributed by atoms with Crippen LogP contribution in [-0.4, -0.2) is 27.1 Å². The van der Waals surface area contributed by atoms with Gasteiger partial charge in [0.05, 0.1) is 0 Å². The fourth-order valence-electron chi connectivity index (χ4n) is 1.18. The molecule has 1 heterocycles. The molecule has 1 aromatic heterocycles. The van der Waals surface area contributed by atoms with Gasteiger partial charge in [-0.2, -0.15) is 0 Å². The SMILES string of the molecule is CC(C)(C)c1cc(C(=O)O)nc(C(=O)O)c1. The smallest absolute Gasteiger partial charge is 0.354 e. The molecule has 0 atom stereocenters. The van der Waals surface area contributed by atoms with Crippen LogP contribution in [0.4, 0.5) is 0 Å². The molecular formula is C11H13NO4. The topological polar surface area (TPSA) is 87.5 Å². The number of hydrogen-bond acceptors (Lipinski definition) is 3. The van der Waals surface area contributed by atoms with E-state index in [1.165, 1.54) is 12.1 Å². The first-order valence-electron chi connectivity index (χ1n) is 4.71. The lowest BCUT2D eigenvalue weighted by atomic mass is 9.86. The highest BCUT2D eigenvalue weighted by Gasteiger charge is 2.20. The zero-order valence-electron chi connectivity index (χ0n) is 9.31. The lowest BCUT2D eigenvalue weighted by Crippen LogP contribution is -2.16. The molecule has 0 unspecified atom stereocenters. The summed E-state index contributed by atoms with van der Waals surface area (Å²) in [5.74, 6) is -2.46. The minimum Gasteiger partial charge on any atom is -0.477 e. The lowest BCUT2D eigenvalue weighted by Gasteiger charge is -2.19. The second kappa shape index (κ2) is 3.92. The molecule has 0 saturated carbocycles. The molecule has 1 rings (SSSR count). The molecule has 0 saturated heterocycles. The van der Waals surface area contributed by atoms with E-state index >= 15 is 0 Å². The van der Waals surface area contributed by atoms with E-state index in [2.05, 4.69) is 4.98 Å². The number of aromatic carboxylic acids is 2. The van der Waals surface area contributed by atoms with Crippen molar-refractivity contribution in [2.45, 2.75) is 26.2 Å². The molecular weight excluding hydrogens is 210 g/mol. The molecule has 0 aliphatic heterocycles. The van der Waals surface area contributed by atoms with Crippen LogP contribution in [0.3, 0.4) is 0 Å². The molecule has 0 bridgehead atoms. The maximum absolute atomic E-state index is 10.8. The van der Waals surface area contributed by atoms with Crippen LogP contribution in [0, 0.1) is 0 Å². The first kappa shape index (κ1) is 12.2. The maximum atomic E-state index is 10.8. The summed E-state index contributed by atoms with van der Waals surface area (Å²) in [6.45, 7) is 5.62. The van der Waals surface area contributed by atoms with Crippen molar-refractivity contribution in [2.75, 3.05) is 0 Å². The van der Waals surface area contributed by atoms with E-state index in [0.717, 1.165) is 0 Å². The molecule has 0 aliphatic rings. The van der Waals surface area contributed by atoms with Crippen molar-refractivity contribution in [1.82, 2.24) is 4.98 Å². The number of hydrogen-bond donors (Lipinski definition) is 2. The highest BCUT2D eigenvalue weighted by Crippen LogP contribution is 2.23. The van der Waals surface area contributed by atoms with Crippen LogP contribution >= 0.6 is 0 Å². The molecule has 0 spiro atoms. The Morgan fingerprint density at radius 2 is 1.44 bits per heavy atom. The molecule has 2 N–H and O–H groups in total. The van der Waals surface area contributed by atoms with Gasteiger partial charge in [0.1, 0.15) is 11.4 Å². The normalized spacial score (nSPS) is 11.2. The van der Waals surface area contributed by atoms with E-state index in [-0.39, 0.29) is 16.8 Å². The summed E-state index contributed by atoms with van der Waals surface area (Å²) in [6, 6.07) is 2.80. The van der Waals surface area contributed by atoms with Gasteiger partial charge in [-0.15, -0.1) is 0 Å². The lowest BCUT2D eigenvalue weighted by molar-refractivity contribution is 0.0684. The van der Waals surface area contributed by atoms with Gasteiger partial charge in [-0.25, -0.2) is 14.6 Å². The van der Waals surface area contributed by atoms with E-state index in [1.807, 2.05) is 20.8 Å². The van der Waals surface area contributed by atoms with Crippen LogP contribution in [0.5, 0.6) is 0 Å². The van der Waals surface area contributed by atoms with Crippen molar-refractivity contribution in [2.24, 2.45) is 0 Å². The Morgan fingerprint density at radius 3 is 1.69 bits per heavy atom. The first-order chi connectivity index (χ1) is 7.21. The van der Waals surface area contributed by atoms with Crippen molar-refractivity contribution in [1.29, 1.82) is 0 Å². The first-order valence-corrected chi connectivity index (χ1v) is 4.71. The average Bonchev–Trinajstić information content (AvgIpc) is 2.15. The Kier molecular flexibility index (Phi) is 2.98. The average molecular weight is 223 g/mol. The Labute approximate surface area is 92.8 Å². The van der Waals surface area contributed by atoms with E-state index in [9.17, 15) is 9.59 Å². The summed E-state index contributed by atoms with van der Waals surface area (Å²) in [6.07, 6.45) is 0. The van der Waals surface area contributed by atoms with Gasteiger partial charge in [-0.3, -0.25) is 0 Å². The zero-order chi connectivity index (χ0) is 12.5. The largest absolute Gasteiger partial charge is 0.477 e. The van der Waals surface area contributed by atoms with E-state index in [1.54, 1.807) is 0 Å². The Hall–Kier alpha value is -1.91. The fourth-order valence-corrected chi connectivity index (χ4v) is 1.18. The van der Waals surface area contributed by atoms with Crippen LogP contribution < -0.4 is 0 Å². The number of nitrogens with zero attached hydrogens (tertiary/aromatic N) is 1. The van der Waals surface area contributed by atoms with Gasteiger partial charge in [0, 0.05) is 0 Å². The number of carboxylic acids is 2. The van der Waals surface area contributed by atoms with Gasteiger partial charge < -0.3 is 10.2 Å². The molecule has 0 amide bonds. The van der Waals surface area contributed by atoms with Gasteiger partial charge in [0.25, 0.3) is 0 Å². The highest BCUT2D eigenvalue weighted by molar-refractivity contribution is 5.90. The van der Waals surface area contributed by atoms with Crippen LogP contribution in [0.2, 0.25) is 0 Å². The highest BCUT2D eigenvalue weighted by atomic mass is 16.4. The van der Waals surface area contributed by atoms with Gasteiger partial charge >= 0.3 is 11.9 Å². The van der Waals surface area contributed by atoms with Crippen molar-refractivity contribution in [3.05, 3.63) is 29.1 Å². The minimum atomic E-state index is -1.23. The minimum absolute atomic E-state index is 0.246. The summed E-state index contributed by atoms with van der Waals surface area (Å²) in [4.78, 5) is 25.1. The predicted molar refractivity (Wildman–Crippen MR) is 56.9 cm³/mol. The second-order valence-electron chi connectivity index (χ2n) is 4.49. The number of rotatable bonds is 2. The third-order valence-corrected chi connectivity index (χ3v) is 2.13. The summed E-state index contributed by atoms with van der Waals surface area (Å²) in [5, 5.41) is 17.7. The van der Waals surface area contributed by atoms with E-state index < -0.39 is 11.9 Å². The Morgan fingerprint density at radius 1 is 1.06 bits per heavy atom. The number of pyridine rings is 1. The van der Waals surface area contributed by atoms with Gasteiger partial charge in [0.15, 0.2) is 0 Å². The van der Waals surface area contributed by atoms with Crippen molar-refractivity contribution >= 4 is 11.9 Å². The molecule has 5 nitrogen and oxygen atoms in total. The molecule has 5 heteroatoms. The molecule has 86 valence electrons. The zero-order valence-corrected chi connectivity index (χ0v) is 9.31.